The van der Waals surface area contributed by atoms with Gasteiger partial charge in [0, 0.05) is 0 Å². The number of ether oxygens (including phenoxy) is 1. The lowest BCUT2D eigenvalue weighted by Crippen LogP contribution is -2.42. The van der Waals surface area contributed by atoms with Crippen LogP contribution in [0.4, 0.5) is 0 Å². The first-order valence-corrected chi connectivity index (χ1v) is 7.76. The summed E-state index contributed by atoms with van der Waals surface area (Å²) in [4.78, 5) is 10.9. The molecule has 110 valence electrons. The van der Waals surface area contributed by atoms with E-state index >= 15 is 0 Å². The number of halogens is 1. The highest BCUT2D eigenvalue weighted by Crippen LogP contribution is 2.24. The van der Waals surface area contributed by atoms with Crippen molar-refractivity contribution in [2.24, 2.45) is 5.92 Å². The highest BCUT2D eigenvalue weighted by molar-refractivity contribution is 7.89. The summed E-state index contributed by atoms with van der Waals surface area (Å²) in [6, 6.07) is 3.76. The van der Waals surface area contributed by atoms with Crippen LogP contribution in [0, 0.1) is 12.8 Å². The zero-order valence-electron chi connectivity index (χ0n) is 10.7. The van der Waals surface area contributed by atoms with Crippen LogP contribution in [0.25, 0.3) is 0 Å². The predicted octanol–water partition coefficient (Wildman–Crippen LogP) is 1.03. The molecular formula is C12H14ClNO5S. The molecule has 2 atom stereocenters. The van der Waals surface area contributed by atoms with E-state index in [4.69, 9.17) is 21.4 Å². The first-order chi connectivity index (χ1) is 9.31. The summed E-state index contributed by atoms with van der Waals surface area (Å²) in [5.74, 6) is -1.99. The summed E-state index contributed by atoms with van der Waals surface area (Å²) in [7, 11) is -3.88. The molecule has 0 amide bonds. The molecule has 1 saturated heterocycles. The molecule has 0 aliphatic carbocycles. The number of aliphatic carboxylic acids is 1. The smallest absolute Gasteiger partial charge is 0.310 e. The van der Waals surface area contributed by atoms with E-state index in [9.17, 15) is 13.2 Å². The second-order valence-corrected chi connectivity index (χ2v) is 6.73. The third-order valence-corrected chi connectivity index (χ3v) is 5.05. The van der Waals surface area contributed by atoms with Crippen LogP contribution in [0.1, 0.15) is 5.56 Å². The molecule has 2 N–H and O–H groups in total. The Hall–Kier alpha value is -1.15. The van der Waals surface area contributed by atoms with Crippen molar-refractivity contribution in [2.45, 2.75) is 17.9 Å². The first-order valence-electron chi connectivity index (χ1n) is 5.90. The van der Waals surface area contributed by atoms with Gasteiger partial charge in [0.15, 0.2) is 0 Å². The van der Waals surface area contributed by atoms with E-state index in [-0.39, 0.29) is 23.1 Å². The third-order valence-electron chi connectivity index (χ3n) is 3.08. The Morgan fingerprint density at radius 3 is 2.75 bits per heavy atom. The molecule has 1 heterocycles. The number of aryl methyl sites for hydroxylation is 1. The average molecular weight is 320 g/mol. The summed E-state index contributed by atoms with van der Waals surface area (Å²) in [6.07, 6.45) is 0. The molecule has 6 nitrogen and oxygen atoms in total. The lowest BCUT2D eigenvalue weighted by molar-refractivity contribution is -0.142. The van der Waals surface area contributed by atoms with Crippen molar-refractivity contribution in [3.63, 3.8) is 0 Å². The molecule has 1 aromatic carbocycles. The third kappa shape index (κ3) is 3.12. The van der Waals surface area contributed by atoms with E-state index in [1.165, 1.54) is 12.1 Å². The molecule has 20 heavy (non-hydrogen) atoms. The van der Waals surface area contributed by atoms with Crippen molar-refractivity contribution in [2.75, 3.05) is 13.2 Å². The van der Waals surface area contributed by atoms with Crippen LogP contribution in [0.5, 0.6) is 0 Å². The van der Waals surface area contributed by atoms with Gasteiger partial charge in [0.25, 0.3) is 0 Å². The van der Waals surface area contributed by atoms with Crippen LogP contribution < -0.4 is 4.72 Å². The minimum Gasteiger partial charge on any atom is -0.481 e. The Labute approximate surface area is 121 Å². The maximum atomic E-state index is 12.2. The Bertz CT molecular complexity index is 631. The molecule has 0 aromatic heterocycles. The van der Waals surface area contributed by atoms with Crippen LogP contribution in [0.3, 0.4) is 0 Å². The Morgan fingerprint density at radius 1 is 1.45 bits per heavy atom. The average Bonchev–Trinajstić information content (AvgIpc) is 2.75. The summed E-state index contributed by atoms with van der Waals surface area (Å²) in [6.45, 7) is 1.81. The molecule has 1 aliphatic heterocycles. The van der Waals surface area contributed by atoms with Crippen LogP contribution >= 0.6 is 11.6 Å². The van der Waals surface area contributed by atoms with Gasteiger partial charge in [-0.25, -0.2) is 13.1 Å². The number of hydrogen-bond acceptors (Lipinski definition) is 4. The van der Waals surface area contributed by atoms with E-state index in [1.54, 1.807) is 13.0 Å². The number of sulfonamides is 1. The maximum Gasteiger partial charge on any atom is 0.310 e. The predicted molar refractivity (Wildman–Crippen MR) is 72.2 cm³/mol. The van der Waals surface area contributed by atoms with Crippen molar-refractivity contribution in [3.8, 4) is 0 Å². The molecule has 1 aliphatic rings. The minimum atomic E-state index is -3.88. The number of benzene rings is 1. The standard InChI is InChI=1S/C12H14ClNO5S/c1-7-2-3-11(9(13)4-7)20(17,18)14-10-6-19-5-8(10)12(15)16/h2-4,8,10,14H,5-6H2,1H3,(H,15,16). The minimum absolute atomic E-state index is 0.00977. The normalized spacial score (nSPS) is 22.9. The Balaban J connectivity index is 2.25. The van der Waals surface area contributed by atoms with Crippen molar-refractivity contribution in [1.29, 1.82) is 0 Å². The number of carboxylic acids is 1. The summed E-state index contributed by atoms with van der Waals surface area (Å²) in [5.41, 5.74) is 0.835. The zero-order valence-corrected chi connectivity index (χ0v) is 12.2. The van der Waals surface area contributed by atoms with Gasteiger partial charge in [0.2, 0.25) is 10.0 Å². The summed E-state index contributed by atoms with van der Waals surface area (Å²) < 4.78 is 31.9. The van der Waals surface area contributed by atoms with Gasteiger partial charge in [-0.05, 0) is 24.6 Å². The lowest BCUT2D eigenvalue weighted by Gasteiger charge is -2.16. The van der Waals surface area contributed by atoms with Crippen molar-refractivity contribution >= 4 is 27.6 Å². The molecule has 0 spiro atoms. The highest BCUT2D eigenvalue weighted by atomic mass is 35.5. The van der Waals surface area contributed by atoms with Crippen molar-refractivity contribution < 1.29 is 23.1 Å². The van der Waals surface area contributed by atoms with E-state index in [0.29, 0.717) is 0 Å². The molecule has 2 unspecified atom stereocenters. The van der Waals surface area contributed by atoms with Gasteiger partial charge >= 0.3 is 5.97 Å². The van der Waals surface area contributed by atoms with Gasteiger partial charge in [-0.3, -0.25) is 4.79 Å². The fourth-order valence-electron chi connectivity index (χ4n) is 2.00. The number of nitrogens with one attached hydrogen (secondary N) is 1. The SMILES string of the molecule is Cc1ccc(S(=O)(=O)NC2COCC2C(=O)O)c(Cl)c1. The zero-order chi connectivity index (χ0) is 14.9. The van der Waals surface area contributed by atoms with Gasteiger partial charge in [0.1, 0.15) is 4.90 Å². The Morgan fingerprint density at radius 2 is 2.15 bits per heavy atom. The lowest BCUT2D eigenvalue weighted by atomic mass is 10.1. The van der Waals surface area contributed by atoms with Crippen LogP contribution in [0.2, 0.25) is 5.02 Å². The van der Waals surface area contributed by atoms with Crippen molar-refractivity contribution in [1.82, 2.24) is 4.72 Å². The molecule has 0 radical (unpaired) electrons. The molecule has 2 rings (SSSR count). The molecule has 0 saturated carbocycles. The molecule has 8 heteroatoms. The maximum absolute atomic E-state index is 12.2. The monoisotopic (exact) mass is 319 g/mol. The number of hydrogen-bond donors (Lipinski definition) is 2. The first kappa shape index (κ1) is 15.2. The van der Waals surface area contributed by atoms with Crippen LogP contribution in [-0.4, -0.2) is 38.7 Å². The van der Waals surface area contributed by atoms with Gasteiger partial charge in [-0.1, -0.05) is 17.7 Å². The number of carboxylic acid groups (broad SMARTS) is 1. The van der Waals surface area contributed by atoms with Gasteiger partial charge in [-0.2, -0.15) is 0 Å². The van der Waals surface area contributed by atoms with E-state index in [2.05, 4.69) is 4.72 Å². The van der Waals surface area contributed by atoms with Crippen LogP contribution in [0.15, 0.2) is 23.1 Å². The summed E-state index contributed by atoms with van der Waals surface area (Å²) >= 11 is 5.93. The number of carbonyl (C=O) groups is 1. The van der Waals surface area contributed by atoms with E-state index in [1.807, 2.05) is 0 Å². The van der Waals surface area contributed by atoms with Gasteiger partial charge < -0.3 is 9.84 Å². The largest absolute Gasteiger partial charge is 0.481 e. The fourth-order valence-corrected chi connectivity index (χ4v) is 3.86. The molecule has 0 bridgehead atoms. The second-order valence-electron chi connectivity index (χ2n) is 4.64. The van der Waals surface area contributed by atoms with Crippen LogP contribution in [-0.2, 0) is 19.6 Å². The molecular weight excluding hydrogens is 306 g/mol. The van der Waals surface area contributed by atoms with Gasteiger partial charge in [-0.15, -0.1) is 0 Å². The molecule has 1 fully saturated rings. The second kappa shape index (κ2) is 5.69. The highest BCUT2D eigenvalue weighted by Gasteiger charge is 2.37. The molecule has 1 aromatic rings. The Kier molecular flexibility index (Phi) is 4.33. The van der Waals surface area contributed by atoms with E-state index < -0.39 is 28.0 Å². The van der Waals surface area contributed by atoms with Crippen molar-refractivity contribution in [3.05, 3.63) is 28.8 Å². The quantitative estimate of drug-likeness (QED) is 0.864. The van der Waals surface area contributed by atoms with Gasteiger partial charge in [0.05, 0.1) is 30.2 Å². The topological polar surface area (TPSA) is 92.7 Å². The fraction of sp³-hybridized carbons (Fsp3) is 0.417. The van der Waals surface area contributed by atoms with E-state index in [0.717, 1.165) is 5.56 Å². The summed E-state index contributed by atoms with van der Waals surface area (Å²) in [5, 5.41) is 9.10. The number of rotatable bonds is 4.